The molecule has 1 rings (SSSR count). The van der Waals surface area contributed by atoms with E-state index in [-0.39, 0.29) is 12.2 Å². The predicted octanol–water partition coefficient (Wildman–Crippen LogP) is 1.78. The Morgan fingerprint density at radius 2 is 1.89 bits per heavy atom. The van der Waals surface area contributed by atoms with Crippen molar-refractivity contribution in [2.24, 2.45) is 5.92 Å². The molecule has 0 saturated carbocycles. The Kier molecular flexibility index (Phi) is 4.71. The number of hydrogen-bond acceptors (Lipinski definition) is 4. The number of Topliss-reactive ketones (excluding diaryl/α,β-unsaturated/α-hetero) is 2. The molecule has 0 aliphatic carbocycles. The fourth-order valence-electron chi connectivity index (χ4n) is 1.50. The van der Waals surface area contributed by atoms with Crippen LogP contribution < -0.4 is 0 Å². The third-order valence-corrected chi connectivity index (χ3v) is 2.33. The monoisotopic (exact) mass is 252 g/mol. The molecule has 0 bridgehead atoms. The van der Waals surface area contributed by atoms with Crippen molar-refractivity contribution in [1.82, 2.24) is 0 Å². The van der Waals surface area contributed by atoms with Crippen LogP contribution in [0, 0.1) is 11.7 Å². The summed E-state index contributed by atoms with van der Waals surface area (Å²) in [5.41, 5.74) is -0.286. The summed E-state index contributed by atoms with van der Waals surface area (Å²) in [6.07, 6.45) is 0. The van der Waals surface area contributed by atoms with E-state index in [1.165, 1.54) is 18.2 Å². The average molecular weight is 252 g/mol. The Morgan fingerprint density at radius 1 is 1.28 bits per heavy atom. The molecule has 0 aliphatic heterocycles. The standard InChI is InChI=1S/C13H13FO4/c1-3-18-13(17)11(8(2)15)12(16)9-6-4-5-7-10(9)14/h4-7,11H,3H2,1-2H3. The number of benzene rings is 1. The van der Waals surface area contributed by atoms with Crippen molar-refractivity contribution >= 4 is 17.5 Å². The van der Waals surface area contributed by atoms with Gasteiger partial charge in [0.2, 0.25) is 0 Å². The number of hydrogen-bond donors (Lipinski definition) is 0. The van der Waals surface area contributed by atoms with Gasteiger partial charge in [0, 0.05) is 0 Å². The Morgan fingerprint density at radius 3 is 2.39 bits per heavy atom. The number of esters is 1. The molecule has 96 valence electrons. The molecule has 0 fully saturated rings. The lowest BCUT2D eigenvalue weighted by Gasteiger charge is -2.11. The van der Waals surface area contributed by atoms with E-state index in [1.54, 1.807) is 6.92 Å². The third kappa shape index (κ3) is 3.00. The van der Waals surface area contributed by atoms with Crippen molar-refractivity contribution in [2.45, 2.75) is 13.8 Å². The van der Waals surface area contributed by atoms with Crippen LogP contribution in [0.15, 0.2) is 24.3 Å². The van der Waals surface area contributed by atoms with Crippen molar-refractivity contribution in [3.63, 3.8) is 0 Å². The zero-order chi connectivity index (χ0) is 13.7. The van der Waals surface area contributed by atoms with Crippen LogP contribution in [0.3, 0.4) is 0 Å². The molecule has 5 heteroatoms. The second kappa shape index (κ2) is 6.05. The molecular formula is C13H13FO4. The number of carbonyl (C=O) groups is 3. The fourth-order valence-corrected chi connectivity index (χ4v) is 1.50. The molecule has 0 spiro atoms. The minimum absolute atomic E-state index is 0.0488. The van der Waals surface area contributed by atoms with Gasteiger partial charge < -0.3 is 4.74 Å². The van der Waals surface area contributed by atoms with Crippen LogP contribution >= 0.6 is 0 Å². The molecule has 0 aliphatic rings. The molecule has 18 heavy (non-hydrogen) atoms. The molecule has 4 nitrogen and oxygen atoms in total. The molecule has 1 unspecified atom stereocenters. The normalized spacial score (nSPS) is 11.7. The lowest BCUT2D eigenvalue weighted by atomic mass is 9.94. The third-order valence-electron chi connectivity index (χ3n) is 2.33. The van der Waals surface area contributed by atoms with Crippen LogP contribution in [0.25, 0.3) is 0 Å². The molecule has 0 saturated heterocycles. The van der Waals surface area contributed by atoms with Gasteiger partial charge in [-0.15, -0.1) is 0 Å². The second-order valence-corrected chi connectivity index (χ2v) is 3.64. The highest BCUT2D eigenvalue weighted by atomic mass is 19.1. The first-order valence-corrected chi connectivity index (χ1v) is 5.44. The van der Waals surface area contributed by atoms with Gasteiger partial charge in [-0.3, -0.25) is 14.4 Å². The maximum atomic E-state index is 13.4. The highest BCUT2D eigenvalue weighted by Crippen LogP contribution is 2.15. The molecule has 0 N–H and O–H groups in total. The van der Waals surface area contributed by atoms with Crippen molar-refractivity contribution in [3.05, 3.63) is 35.6 Å². The van der Waals surface area contributed by atoms with Crippen molar-refractivity contribution in [3.8, 4) is 0 Å². The van der Waals surface area contributed by atoms with Crippen LogP contribution in [0.1, 0.15) is 24.2 Å². The van der Waals surface area contributed by atoms with Gasteiger partial charge in [0.25, 0.3) is 0 Å². The first-order chi connectivity index (χ1) is 8.49. The Hall–Kier alpha value is -2.04. The van der Waals surface area contributed by atoms with Crippen LogP contribution in [-0.2, 0) is 14.3 Å². The maximum Gasteiger partial charge on any atom is 0.324 e. The summed E-state index contributed by atoms with van der Waals surface area (Å²) >= 11 is 0. The number of carbonyl (C=O) groups excluding carboxylic acids is 3. The van der Waals surface area contributed by atoms with E-state index in [1.807, 2.05) is 0 Å². The molecule has 1 aromatic carbocycles. The Bertz CT molecular complexity index is 482. The Balaban J connectivity index is 3.08. The number of rotatable bonds is 5. The van der Waals surface area contributed by atoms with E-state index in [9.17, 15) is 18.8 Å². The van der Waals surface area contributed by atoms with E-state index < -0.39 is 29.3 Å². The molecule has 0 amide bonds. The van der Waals surface area contributed by atoms with E-state index in [2.05, 4.69) is 4.74 Å². The fraction of sp³-hybridized carbons (Fsp3) is 0.308. The van der Waals surface area contributed by atoms with Gasteiger partial charge in [-0.2, -0.15) is 0 Å². The first kappa shape index (κ1) is 14.0. The van der Waals surface area contributed by atoms with Gasteiger partial charge in [-0.1, -0.05) is 12.1 Å². The van der Waals surface area contributed by atoms with Gasteiger partial charge in [-0.25, -0.2) is 4.39 Å². The van der Waals surface area contributed by atoms with Gasteiger partial charge in [-0.05, 0) is 26.0 Å². The van der Waals surface area contributed by atoms with Crippen LogP contribution in [-0.4, -0.2) is 24.1 Å². The largest absolute Gasteiger partial charge is 0.465 e. The molecule has 0 radical (unpaired) electrons. The minimum Gasteiger partial charge on any atom is -0.465 e. The number of ether oxygens (including phenoxy) is 1. The average Bonchev–Trinajstić information content (AvgIpc) is 2.29. The topological polar surface area (TPSA) is 60.4 Å². The van der Waals surface area contributed by atoms with Crippen molar-refractivity contribution in [1.29, 1.82) is 0 Å². The summed E-state index contributed by atoms with van der Waals surface area (Å²) in [5, 5.41) is 0. The van der Waals surface area contributed by atoms with Gasteiger partial charge in [0.1, 0.15) is 5.82 Å². The second-order valence-electron chi connectivity index (χ2n) is 3.64. The lowest BCUT2D eigenvalue weighted by Crippen LogP contribution is -2.32. The predicted molar refractivity (Wildman–Crippen MR) is 61.5 cm³/mol. The summed E-state index contributed by atoms with van der Waals surface area (Å²) in [7, 11) is 0. The van der Waals surface area contributed by atoms with Crippen molar-refractivity contribution in [2.75, 3.05) is 6.61 Å². The smallest absolute Gasteiger partial charge is 0.324 e. The van der Waals surface area contributed by atoms with E-state index >= 15 is 0 Å². The van der Waals surface area contributed by atoms with E-state index in [4.69, 9.17) is 0 Å². The van der Waals surface area contributed by atoms with Gasteiger partial charge in [0.05, 0.1) is 12.2 Å². The summed E-state index contributed by atoms with van der Waals surface area (Å²) in [6.45, 7) is 2.70. The molecule has 0 heterocycles. The zero-order valence-electron chi connectivity index (χ0n) is 10.1. The molecule has 1 aromatic rings. The minimum atomic E-state index is -1.60. The summed E-state index contributed by atoms with van der Waals surface area (Å²) < 4.78 is 18.1. The van der Waals surface area contributed by atoms with Crippen molar-refractivity contribution < 1.29 is 23.5 Å². The van der Waals surface area contributed by atoms with Crippen LogP contribution in [0.4, 0.5) is 4.39 Å². The number of halogens is 1. The summed E-state index contributed by atoms with van der Waals surface area (Å²) in [4.78, 5) is 34.8. The van der Waals surface area contributed by atoms with Crippen LogP contribution in [0.2, 0.25) is 0 Å². The quantitative estimate of drug-likeness (QED) is 0.455. The van der Waals surface area contributed by atoms with E-state index in [0.29, 0.717) is 0 Å². The number of ketones is 2. The van der Waals surface area contributed by atoms with Gasteiger partial charge >= 0.3 is 5.97 Å². The molecular weight excluding hydrogens is 239 g/mol. The molecule has 0 aromatic heterocycles. The van der Waals surface area contributed by atoms with Gasteiger partial charge in [0.15, 0.2) is 17.5 Å². The molecule has 1 atom stereocenters. The maximum absolute atomic E-state index is 13.4. The van der Waals surface area contributed by atoms with Crippen LogP contribution in [0.5, 0.6) is 0 Å². The zero-order valence-corrected chi connectivity index (χ0v) is 10.1. The van der Waals surface area contributed by atoms with E-state index in [0.717, 1.165) is 13.0 Å². The summed E-state index contributed by atoms with van der Waals surface area (Å²) in [5.74, 6) is -4.85. The summed E-state index contributed by atoms with van der Waals surface area (Å²) in [6, 6.07) is 5.19. The SMILES string of the molecule is CCOC(=O)C(C(C)=O)C(=O)c1ccccc1F. The first-order valence-electron chi connectivity index (χ1n) is 5.44. The highest BCUT2D eigenvalue weighted by molar-refractivity contribution is 6.22. The lowest BCUT2D eigenvalue weighted by molar-refractivity contribution is -0.148. The highest BCUT2D eigenvalue weighted by Gasteiger charge is 2.34. The Labute approximate surface area is 104 Å².